The fourth-order valence-corrected chi connectivity index (χ4v) is 2.86. The highest BCUT2D eigenvalue weighted by atomic mass is 16.3. The summed E-state index contributed by atoms with van der Waals surface area (Å²) in [5.74, 6) is -0.0399. The van der Waals surface area contributed by atoms with Crippen LogP contribution >= 0.6 is 0 Å². The van der Waals surface area contributed by atoms with E-state index in [0.29, 0.717) is 5.52 Å². The van der Waals surface area contributed by atoms with Crippen LogP contribution < -0.4 is 10.9 Å². The molecule has 2 aromatic rings. The Kier molecular flexibility index (Phi) is 2.93. The molecule has 0 unspecified atom stereocenters. The van der Waals surface area contributed by atoms with Gasteiger partial charge in [0.05, 0.1) is 18.8 Å². The quantitative estimate of drug-likeness (QED) is 0.520. The van der Waals surface area contributed by atoms with Gasteiger partial charge in [-0.15, -0.1) is 0 Å². The lowest BCUT2D eigenvalue weighted by Gasteiger charge is -2.15. The van der Waals surface area contributed by atoms with Crippen LogP contribution in [0.2, 0.25) is 0 Å². The van der Waals surface area contributed by atoms with Gasteiger partial charge in [0.1, 0.15) is 5.52 Å². The van der Waals surface area contributed by atoms with Crippen molar-refractivity contribution in [2.75, 3.05) is 6.61 Å². The molecule has 3 rings (SSSR count). The van der Waals surface area contributed by atoms with Crippen molar-refractivity contribution in [3.05, 3.63) is 34.4 Å². The zero-order chi connectivity index (χ0) is 13.6. The molecule has 4 atom stereocenters. The van der Waals surface area contributed by atoms with Gasteiger partial charge in [0, 0.05) is 29.7 Å². The van der Waals surface area contributed by atoms with Crippen molar-refractivity contribution in [1.29, 1.82) is 0 Å². The number of H-pyrrole nitrogens is 2. The number of aliphatic hydroxyl groups is 2. The molecule has 102 valence electrons. The van der Waals surface area contributed by atoms with Gasteiger partial charge >= 0.3 is 0 Å². The molecular formula is C13H17N3O3. The van der Waals surface area contributed by atoms with E-state index < -0.39 is 6.10 Å². The van der Waals surface area contributed by atoms with Gasteiger partial charge < -0.3 is 25.5 Å². The Balaban J connectivity index is 2.06. The van der Waals surface area contributed by atoms with Crippen molar-refractivity contribution in [3.8, 4) is 0 Å². The second-order valence-corrected chi connectivity index (χ2v) is 5.12. The molecule has 0 aliphatic carbocycles. The maximum absolute atomic E-state index is 11.7. The van der Waals surface area contributed by atoms with Gasteiger partial charge in [0.25, 0.3) is 5.56 Å². The molecule has 1 saturated heterocycles. The average molecular weight is 263 g/mol. The van der Waals surface area contributed by atoms with Crippen LogP contribution in [0.1, 0.15) is 18.5 Å². The molecule has 3 heterocycles. The Bertz CT molecular complexity index is 648. The Morgan fingerprint density at radius 2 is 2.16 bits per heavy atom. The zero-order valence-electron chi connectivity index (χ0n) is 10.6. The summed E-state index contributed by atoms with van der Waals surface area (Å²) in [6.07, 6.45) is 2.75. The second kappa shape index (κ2) is 4.48. The topological polar surface area (TPSA) is 101 Å². The Hall–Kier alpha value is -1.63. The van der Waals surface area contributed by atoms with E-state index in [9.17, 15) is 15.0 Å². The lowest BCUT2D eigenvalue weighted by atomic mass is 9.95. The summed E-state index contributed by atoms with van der Waals surface area (Å²) in [6.45, 7) is 1.89. The SMILES string of the molecule is C[C@H]1[C@@H](O)[C@H](c2c[nH]c3c(=O)[nH]ccc23)N[C@@H]1CO. The molecule has 0 saturated carbocycles. The molecule has 0 aromatic carbocycles. The number of fused-ring (bicyclic) bond motifs is 1. The van der Waals surface area contributed by atoms with E-state index in [0.717, 1.165) is 10.9 Å². The molecule has 1 aliphatic heterocycles. The summed E-state index contributed by atoms with van der Waals surface area (Å²) >= 11 is 0. The largest absolute Gasteiger partial charge is 0.395 e. The predicted octanol–water partition coefficient (Wildman–Crippen LogP) is -0.142. The fourth-order valence-electron chi connectivity index (χ4n) is 2.86. The Morgan fingerprint density at radius 1 is 1.37 bits per heavy atom. The Labute approximate surface area is 109 Å². The number of aromatic amines is 2. The van der Waals surface area contributed by atoms with E-state index in [1.807, 2.05) is 13.0 Å². The maximum atomic E-state index is 11.7. The second-order valence-electron chi connectivity index (χ2n) is 5.12. The van der Waals surface area contributed by atoms with E-state index in [4.69, 9.17) is 0 Å². The first-order valence-corrected chi connectivity index (χ1v) is 6.37. The van der Waals surface area contributed by atoms with Crippen molar-refractivity contribution < 1.29 is 10.2 Å². The van der Waals surface area contributed by atoms with E-state index in [-0.39, 0.29) is 30.2 Å². The van der Waals surface area contributed by atoms with Crippen LogP contribution in [-0.2, 0) is 0 Å². The van der Waals surface area contributed by atoms with Gasteiger partial charge in [-0.05, 0) is 11.6 Å². The monoisotopic (exact) mass is 263 g/mol. The van der Waals surface area contributed by atoms with E-state index in [1.165, 1.54) is 0 Å². The van der Waals surface area contributed by atoms with Crippen molar-refractivity contribution in [3.63, 3.8) is 0 Å². The lowest BCUT2D eigenvalue weighted by Crippen LogP contribution is -2.30. The first kappa shape index (κ1) is 12.4. The highest BCUT2D eigenvalue weighted by Gasteiger charge is 2.40. The Morgan fingerprint density at radius 3 is 2.84 bits per heavy atom. The van der Waals surface area contributed by atoms with Crippen LogP contribution in [0.4, 0.5) is 0 Å². The van der Waals surface area contributed by atoms with Crippen LogP contribution in [-0.4, -0.2) is 38.9 Å². The van der Waals surface area contributed by atoms with Crippen LogP contribution in [0, 0.1) is 5.92 Å². The van der Waals surface area contributed by atoms with Crippen molar-refractivity contribution in [2.24, 2.45) is 5.92 Å². The molecule has 0 bridgehead atoms. The normalized spacial score (nSPS) is 31.1. The van der Waals surface area contributed by atoms with Gasteiger partial charge in [0.2, 0.25) is 0 Å². The van der Waals surface area contributed by atoms with Crippen LogP contribution in [0.15, 0.2) is 23.3 Å². The van der Waals surface area contributed by atoms with Crippen molar-refractivity contribution in [1.82, 2.24) is 15.3 Å². The van der Waals surface area contributed by atoms with E-state index in [2.05, 4.69) is 15.3 Å². The standard InChI is InChI=1S/C13H17N3O3/c1-6-9(5-17)16-10(12(6)18)8-4-15-11-7(8)2-3-14-13(11)19/h2-4,6,9-10,12,15-18H,5H2,1H3,(H,14,19)/t6-,9-,10+,12-/m1/s1. The minimum atomic E-state index is -0.588. The zero-order valence-corrected chi connectivity index (χ0v) is 10.6. The molecule has 1 fully saturated rings. The molecule has 0 spiro atoms. The van der Waals surface area contributed by atoms with E-state index in [1.54, 1.807) is 12.4 Å². The van der Waals surface area contributed by atoms with Gasteiger partial charge in [-0.25, -0.2) is 0 Å². The van der Waals surface area contributed by atoms with Gasteiger partial charge in [-0.1, -0.05) is 6.92 Å². The first-order chi connectivity index (χ1) is 9.13. The molecule has 0 amide bonds. The summed E-state index contributed by atoms with van der Waals surface area (Å²) in [5, 5.41) is 23.6. The highest BCUT2D eigenvalue weighted by Crippen LogP contribution is 2.34. The molecule has 6 heteroatoms. The van der Waals surface area contributed by atoms with Gasteiger partial charge in [-0.2, -0.15) is 0 Å². The predicted molar refractivity (Wildman–Crippen MR) is 70.8 cm³/mol. The molecule has 0 radical (unpaired) electrons. The van der Waals surface area contributed by atoms with E-state index >= 15 is 0 Å². The molecular weight excluding hydrogens is 246 g/mol. The first-order valence-electron chi connectivity index (χ1n) is 6.37. The van der Waals surface area contributed by atoms with Crippen molar-refractivity contribution in [2.45, 2.75) is 25.1 Å². The summed E-state index contributed by atoms with van der Waals surface area (Å²) in [7, 11) is 0. The molecule has 6 nitrogen and oxygen atoms in total. The highest BCUT2D eigenvalue weighted by molar-refractivity contribution is 5.82. The minimum absolute atomic E-state index is 0.0162. The van der Waals surface area contributed by atoms with Crippen LogP contribution in [0.25, 0.3) is 10.9 Å². The van der Waals surface area contributed by atoms with Gasteiger partial charge in [-0.3, -0.25) is 4.79 Å². The lowest BCUT2D eigenvalue weighted by molar-refractivity contribution is 0.113. The maximum Gasteiger partial charge on any atom is 0.272 e. The third-order valence-electron chi connectivity index (χ3n) is 4.08. The summed E-state index contributed by atoms with van der Waals surface area (Å²) in [5.41, 5.74) is 1.19. The number of nitrogens with one attached hydrogen (secondary N) is 3. The molecule has 1 aliphatic rings. The number of hydrogen-bond donors (Lipinski definition) is 5. The average Bonchev–Trinajstić information content (AvgIpc) is 2.94. The summed E-state index contributed by atoms with van der Waals surface area (Å²) in [4.78, 5) is 17.2. The molecule has 2 aromatic heterocycles. The number of hydrogen-bond acceptors (Lipinski definition) is 4. The number of rotatable bonds is 2. The van der Waals surface area contributed by atoms with Gasteiger partial charge in [0.15, 0.2) is 0 Å². The third kappa shape index (κ3) is 1.80. The minimum Gasteiger partial charge on any atom is -0.395 e. The smallest absolute Gasteiger partial charge is 0.272 e. The molecule has 5 N–H and O–H groups in total. The fraction of sp³-hybridized carbons (Fsp3) is 0.462. The number of pyridine rings is 1. The summed E-state index contributed by atoms with van der Waals surface area (Å²) < 4.78 is 0. The van der Waals surface area contributed by atoms with Crippen molar-refractivity contribution >= 4 is 10.9 Å². The number of aliphatic hydroxyl groups excluding tert-OH is 2. The van der Waals surface area contributed by atoms with Crippen LogP contribution in [0.5, 0.6) is 0 Å². The third-order valence-corrected chi connectivity index (χ3v) is 4.08. The molecule has 19 heavy (non-hydrogen) atoms. The summed E-state index contributed by atoms with van der Waals surface area (Å²) in [6, 6.07) is 1.41. The number of aromatic nitrogens is 2. The van der Waals surface area contributed by atoms with Crippen LogP contribution in [0.3, 0.4) is 0 Å².